The average molecular weight is 248 g/mol. The molecule has 0 spiro atoms. The largest absolute Gasteiger partial charge is 1.00 e. The third-order valence-corrected chi connectivity index (χ3v) is 0. The topological polar surface area (TPSA) is 140 Å². The Labute approximate surface area is 161 Å². The second-order valence-corrected chi connectivity index (χ2v) is 1.54. The second kappa shape index (κ2) is 29.4. The van der Waals surface area contributed by atoms with E-state index in [1.165, 1.54) is 0 Å². The molecule has 0 radical (unpaired) electrons. The smallest absolute Gasteiger partial charge is 0.615 e. The molecule has 0 amide bonds. The van der Waals surface area contributed by atoms with Crippen molar-refractivity contribution in [3.05, 3.63) is 0 Å². The normalized spacial score (nSPS) is 4.33. The molecular formula is H2N2Na4O4P2+2. The Morgan fingerprint density at radius 2 is 0.583 bits per heavy atom. The molecule has 0 bridgehead atoms. The summed E-state index contributed by atoms with van der Waals surface area (Å²) in [6, 6.07) is 0. The summed E-state index contributed by atoms with van der Waals surface area (Å²) in [6.45, 7) is 0. The van der Waals surface area contributed by atoms with E-state index >= 15 is 0 Å². The Bertz CT molecular complexity index is 81.1. The molecule has 0 saturated carbocycles. The van der Waals surface area contributed by atoms with E-state index < -0.39 is 16.3 Å². The van der Waals surface area contributed by atoms with Gasteiger partial charge in [0.1, 0.15) is 16.3 Å². The number of hydrogen-bond donors (Lipinski definition) is 2. The second-order valence-electron chi connectivity index (χ2n) is 0.514. The molecule has 0 saturated heterocycles. The van der Waals surface area contributed by atoms with Crippen molar-refractivity contribution in [3.63, 3.8) is 0 Å². The summed E-state index contributed by atoms with van der Waals surface area (Å²) in [5.74, 6) is 0. The minimum Gasteiger partial charge on any atom is -0.615 e. The van der Waals surface area contributed by atoms with Gasteiger partial charge in [0.15, 0.2) is 0 Å². The van der Waals surface area contributed by atoms with E-state index in [1.807, 2.05) is 0 Å². The molecule has 0 aromatic rings. The van der Waals surface area contributed by atoms with E-state index in [9.17, 15) is 0 Å². The van der Waals surface area contributed by atoms with Crippen molar-refractivity contribution in [2.45, 2.75) is 0 Å². The maximum atomic E-state index is 8.70. The summed E-state index contributed by atoms with van der Waals surface area (Å²) in [5.41, 5.74) is 0. The average Bonchev–Trinajstić information content (AvgIpc) is 1.25. The van der Waals surface area contributed by atoms with Gasteiger partial charge in [-0.2, -0.15) is 0 Å². The number of hydrogen-bond acceptors (Lipinski definition) is 6. The molecule has 0 aromatic carbocycles. The fourth-order valence-electron chi connectivity index (χ4n) is 0. The van der Waals surface area contributed by atoms with Crippen LogP contribution in [0.4, 0.5) is 0 Å². The van der Waals surface area contributed by atoms with E-state index in [4.69, 9.17) is 29.9 Å². The third-order valence-electron chi connectivity index (χ3n) is 0. The zero-order valence-electron chi connectivity index (χ0n) is 7.53. The van der Waals surface area contributed by atoms with Gasteiger partial charge in [0.2, 0.25) is 0 Å². The van der Waals surface area contributed by atoms with Gasteiger partial charge in [0, 0.05) is 0 Å². The maximum Gasteiger partial charge on any atom is 1.00 e. The summed E-state index contributed by atoms with van der Waals surface area (Å²) >= 11 is 0. The monoisotopic (exact) mass is 248 g/mol. The van der Waals surface area contributed by atoms with E-state index in [-0.39, 0.29) is 118 Å². The fraction of sp³-hybridized carbons (Fsp3) is 0. The van der Waals surface area contributed by atoms with Crippen LogP contribution < -0.4 is 138 Å². The molecule has 0 aliphatic carbocycles. The minimum atomic E-state index is -2.87. The van der Waals surface area contributed by atoms with Gasteiger partial charge in [-0.05, 0) is 0 Å². The van der Waals surface area contributed by atoms with Gasteiger partial charge in [-0.15, -0.1) is 10.3 Å². The van der Waals surface area contributed by atoms with Crippen LogP contribution in [0.15, 0.2) is 0 Å². The van der Waals surface area contributed by atoms with Gasteiger partial charge in [-0.1, -0.05) is 0 Å². The Kier molecular flexibility index (Phi) is 88.2. The quantitative estimate of drug-likeness (QED) is 0.324. The van der Waals surface area contributed by atoms with Crippen molar-refractivity contribution in [1.29, 1.82) is 10.3 Å². The first kappa shape index (κ1) is 36.0. The third kappa shape index (κ3) is 146. The molecule has 0 atom stereocenters. The Balaban J connectivity index is -0.0000000112. The van der Waals surface area contributed by atoms with Crippen molar-refractivity contribution in [1.82, 2.24) is 0 Å². The SMILES string of the molecule is N=[P+]([O-])[O-].N=[P+]([O-])[O-].[Na+].[Na+].[Na+].[Na+]. The van der Waals surface area contributed by atoms with E-state index in [2.05, 4.69) is 0 Å². The molecule has 12 heteroatoms. The van der Waals surface area contributed by atoms with Gasteiger partial charge in [0.05, 0.1) is 0 Å². The predicted octanol–water partition coefficient (Wildman–Crippen LogP) is -14.4. The van der Waals surface area contributed by atoms with Gasteiger partial charge in [-0.25, -0.2) is 0 Å². The van der Waals surface area contributed by atoms with Gasteiger partial charge in [-0.3, -0.25) is 0 Å². The summed E-state index contributed by atoms with van der Waals surface area (Å²) < 4.78 is 0. The van der Waals surface area contributed by atoms with Crippen molar-refractivity contribution < 1.29 is 138 Å². The molecule has 0 unspecified atom stereocenters. The zero-order chi connectivity index (χ0) is 7.15. The fourth-order valence-corrected chi connectivity index (χ4v) is 0. The summed E-state index contributed by atoms with van der Waals surface area (Å²) in [4.78, 5) is 34.8. The predicted molar refractivity (Wildman–Crippen MR) is 19.3 cm³/mol. The first-order valence-corrected chi connectivity index (χ1v) is 3.53. The standard InChI is InChI=1S/2H2NO2P.4Na/c2*1-4(2)3;;;;/h2*(H2,1,2,3);;;;/q;;4*+1/p-2. The molecule has 0 fully saturated rings. The molecule has 6 nitrogen and oxygen atoms in total. The molecule has 2 N–H and O–H groups in total. The molecule has 0 aromatic heterocycles. The van der Waals surface area contributed by atoms with Crippen molar-refractivity contribution in [2.24, 2.45) is 0 Å². The maximum absolute atomic E-state index is 8.70. The van der Waals surface area contributed by atoms with Crippen molar-refractivity contribution >= 4 is 16.3 Å². The summed E-state index contributed by atoms with van der Waals surface area (Å²) in [7, 11) is -5.74. The van der Waals surface area contributed by atoms with Crippen LogP contribution in [0.25, 0.3) is 0 Å². The Morgan fingerprint density at radius 3 is 0.583 bits per heavy atom. The molecule has 0 aliphatic rings. The van der Waals surface area contributed by atoms with Crippen LogP contribution >= 0.6 is 16.3 Å². The van der Waals surface area contributed by atoms with E-state index in [1.54, 1.807) is 0 Å². The van der Waals surface area contributed by atoms with Crippen LogP contribution in [0.5, 0.6) is 0 Å². The Hall–Kier alpha value is 4.04. The molecule has 12 heavy (non-hydrogen) atoms. The van der Waals surface area contributed by atoms with Crippen LogP contribution in [-0.4, -0.2) is 0 Å². The molecule has 48 valence electrons. The first-order valence-electron chi connectivity index (χ1n) is 1.18. The first-order chi connectivity index (χ1) is 3.46. The minimum absolute atomic E-state index is 0. The van der Waals surface area contributed by atoms with Gasteiger partial charge >= 0.3 is 118 Å². The van der Waals surface area contributed by atoms with Crippen molar-refractivity contribution in [3.8, 4) is 0 Å². The van der Waals surface area contributed by atoms with Crippen LogP contribution in [-0.2, 0) is 0 Å². The van der Waals surface area contributed by atoms with Crippen LogP contribution in [0.2, 0.25) is 0 Å². The van der Waals surface area contributed by atoms with Gasteiger partial charge in [0.25, 0.3) is 0 Å². The summed E-state index contributed by atoms with van der Waals surface area (Å²) in [5, 5.41) is 11.1. The van der Waals surface area contributed by atoms with Crippen LogP contribution in [0.1, 0.15) is 0 Å². The number of nitrogens with one attached hydrogen (secondary N) is 2. The molecule has 0 heterocycles. The number of rotatable bonds is 0. The Morgan fingerprint density at radius 1 is 0.583 bits per heavy atom. The molecule has 0 rings (SSSR count). The van der Waals surface area contributed by atoms with Gasteiger partial charge < -0.3 is 19.6 Å². The van der Waals surface area contributed by atoms with E-state index in [0.29, 0.717) is 0 Å². The molecular weight excluding hydrogens is 246 g/mol. The summed E-state index contributed by atoms with van der Waals surface area (Å²) in [6.07, 6.45) is 0. The molecule has 0 aliphatic heterocycles. The van der Waals surface area contributed by atoms with Crippen LogP contribution in [0.3, 0.4) is 0 Å². The zero-order valence-corrected chi connectivity index (χ0v) is 17.3. The van der Waals surface area contributed by atoms with E-state index in [0.717, 1.165) is 0 Å². The van der Waals surface area contributed by atoms with Crippen molar-refractivity contribution in [2.75, 3.05) is 0 Å². The van der Waals surface area contributed by atoms with Crippen LogP contribution in [0, 0.1) is 10.3 Å².